The van der Waals surface area contributed by atoms with Crippen LogP contribution in [-0.4, -0.2) is 48.2 Å². The highest BCUT2D eigenvalue weighted by atomic mass is 16.5. The van der Waals surface area contributed by atoms with Crippen LogP contribution >= 0.6 is 0 Å². The molecule has 1 aliphatic rings. The van der Waals surface area contributed by atoms with E-state index in [4.69, 9.17) is 14.2 Å². The number of aromatic hydroxyl groups is 1. The predicted molar refractivity (Wildman–Crippen MR) is 123 cm³/mol. The number of phenols is 1. The van der Waals surface area contributed by atoms with Gasteiger partial charge in [-0.1, -0.05) is 12.1 Å². The maximum Gasteiger partial charge on any atom is 0.300 e. The molecule has 1 saturated heterocycles. The van der Waals surface area contributed by atoms with E-state index in [2.05, 4.69) is 4.98 Å². The standard InChI is InChI=1S/C25H22N2O7/c1-32-18-12-15(13-19(33-2)24(18)34-3)21-20(22(29)14-8-10-26-11-9-14)23(30)25(31)27(21)16-6-4-5-7-17(16)28/h4-13,21,28-29H,1-3H3/b22-20+. The Morgan fingerprint density at radius 2 is 1.56 bits per heavy atom. The highest BCUT2D eigenvalue weighted by Gasteiger charge is 2.48. The quantitative estimate of drug-likeness (QED) is 0.325. The number of para-hydroxylation sites is 2. The van der Waals surface area contributed by atoms with Gasteiger partial charge in [-0.25, -0.2) is 0 Å². The topological polar surface area (TPSA) is 118 Å². The third kappa shape index (κ3) is 3.66. The number of carbonyl (C=O) groups excluding carboxylic acids is 2. The Hall–Kier alpha value is -4.53. The summed E-state index contributed by atoms with van der Waals surface area (Å²) in [6.45, 7) is 0. The first-order valence-corrected chi connectivity index (χ1v) is 10.2. The summed E-state index contributed by atoms with van der Waals surface area (Å²) in [5.41, 5.74) is 0.654. The monoisotopic (exact) mass is 462 g/mol. The number of aliphatic hydroxyl groups is 1. The van der Waals surface area contributed by atoms with E-state index < -0.39 is 17.7 Å². The lowest BCUT2D eigenvalue weighted by Crippen LogP contribution is -2.29. The van der Waals surface area contributed by atoms with Crippen molar-refractivity contribution in [2.24, 2.45) is 0 Å². The summed E-state index contributed by atoms with van der Waals surface area (Å²) in [7, 11) is 4.34. The van der Waals surface area contributed by atoms with Crippen molar-refractivity contribution in [1.29, 1.82) is 0 Å². The first-order valence-electron chi connectivity index (χ1n) is 10.2. The van der Waals surface area contributed by atoms with Gasteiger partial charge < -0.3 is 24.4 Å². The van der Waals surface area contributed by atoms with Crippen LogP contribution < -0.4 is 19.1 Å². The lowest BCUT2D eigenvalue weighted by atomic mass is 9.94. The van der Waals surface area contributed by atoms with E-state index in [-0.39, 0.29) is 22.8 Å². The summed E-state index contributed by atoms with van der Waals surface area (Å²) in [5, 5.41) is 21.6. The van der Waals surface area contributed by atoms with E-state index in [1.165, 1.54) is 58.0 Å². The van der Waals surface area contributed by atoms with Crippen LogP contribution in [0.25, 0.3) is 5.76 Å². The van der Waals surface area contributed by atoms with Gasteiger partial charge in [-0.05, 0) is 42.0 Å². The average molecular weight is 462 g/mol. The van der Waals surface area contributed by atoms with E-state index in [9.17, 15) is 19.8 Å². The van der Waals surface area contributed by atoms with Gasteiger partial charge in [0.15, 0.2) is 11.5 Å². The number of aromatic nitrogens is 1. The second-order valence-electron chi connectivity index (χ2n) is 7.35. The predicted octanol–water partition coefficient (Wildman–Crippen LogP) is 3.44. The molecule has 1 amide bonds. The second-order valence-corrected chi connectivity index (χ2v) is 7.35. The molecule has 0 saturated carbocycles. The first kappa shape index (κ1) is 22.7. The molecule has 0 spiro atoms. The van der Waals surface area contributed by atoms with E-state index in [1.807, 2.05) is 0 Å². The van der Waals surface area contributed by atoms with Crippen molar-refractivity contribution in [3.63, 3.8) is 0 Å². The van der Waals surface area contributed by atoms with Crippen molar-refractivity contribution in [1.82, 2.24) is 4.98 Å². The zero-order chi connectivity index (χ0) is 24.4. The highest BCUT2D eigenvalue weighted by molar-refractivity contribution is 6.51. The molecule has 1 aromatic heterocycles. The number of rotatable bonds is 6. The second kappa shape index (κ2) is 9.14. The molecule has 3 aromatic rings. The third-order valence-corrected chi connectivity index (χ3v) is 5.54. The molecular weight excluding hydrogens is 440 g/mol. The molecular formula is C25H22N2O7. The molecule has 9 nitrogen and oxygen atoms in total. The number of amides is 1. The van der Waals surface area contributed by atoms with Crippen LogP contribution in [0.1, 0.15) is 17.2 Å². The third-order valence-electron chi connectivity index (χ3n) is 5.54. The van der Waals surface area contributed by atoms with E-state index in [0.29, 0.717) is 28.4 Å². The molecule has 4 rings (SSSR count). The maximum absolute atomic E-state index is 13.2. The number of carbonyl (C=O) groups is 2. The van der Waals surface area contributed by atoms with Gasteiger partial charge in [0.05, 0.1) is 38.6 Å². The normalized spacial score (nSPS) is 17.0. The number of benzene rings is 2. The number of aliphatic hydroxyl groups excluding tert-OH is 1. The van der Waals surface area contributed by atoms with Crippen molar-refractivity contribution >= 4 is 23.1 Å². The Morgan fingerprint density at radius 3 is 2.12 bits per heavy atom. The molecule has 2 heterocycles. The number of pyridine rings is 1. The summed E-state index contributed by atoms with van der Waals surface area (Å²) >= 11 is 0. The number of hydrogen-bond donors (Lipinski definition) is 2. The number of ketones is 1. The molecule has 2 N–H and O–H groups in total. The van der Waals surface area contributed by atoms with Crippen molar-refractivity contribution < 1.29 is 34.0 Å². The van der Waals surface area contributed by atoms with E-state index in [0.717, 1.165) is 4.90 Å². The Balaban J connectivity index is 2.03. The summed E-state index contributed by atoms with van der Waals surface area (Å²) < 4.78 is 16.3. The van der Waals surface area contributed by atoms with Crippen LogP contribution in [0.2, 0.25) is 0 Å². The van der Waals surface area contributed by atoms with Crippen molar-refractivity contribution in [2.45, 2.75) is 6.04 Å². The van der Waals surface area contributed by atoms with Crippen molar-refractivity contribution in [2.75, 3.05) is 26.2 Å². The Labute approximate surface area is 195 Å². The summed E-state index contributed by atoms with van der Waals surface area (Å²) in [5.74, 6) is -1.48. The molecule has 1 atom stereocenters. The number of ether oxygens (including phenoxy) is 3. The van der Waals surface area contributed by atoms with Crippen molar-refractivity contribution in [3.05, 3.63) is 77.6 Å². The lowest BCUT2D eigenvalue weighted by Gasteiger charge is -2.27. The minimum Gasteiger partial charge on any atom is -0.507 e. The fourth-order valence-corrected chi connectivity index (χ4v) is 3.99. The van der Waals surface area contributed by atoms with Gasteiger partial charge in [-0.3, -0.25) is 19.5 Å². The van der Waals surface area contributed by atoms with E-state index >= 15 is 0 Å². The van der Waals surface area contributed by atoms with Crippen LogP contribution in [0.5, 0.6) is 23.0 Å². The number of Topliss-reactive ketones (excluding diaryl/α,β-unsaturated/α-hetero) is 1. The number of hydrogen-bond acceptors (Lipinski definition) is 8. The molecule has 2 aromatic carbocycles. The van der Waals surface area contributed by atoms with Gasteiger partial charge in [0.1, 0.15) is 11.5 Å². The van der Waals surface area contributed by atoms with Gasteiger partial charge in [0.25, 0.3) is 11.7 Å². The molecule has 34 heavy (non-hydrogen) atoms. The SMILES string of the molecule is COc1cc(C2/C(=C(\O)c3ccncc3)C(=O)C(=O)N2c2ccccc2O)cc(OC)c1OC. The fraction of sp³-hybridized carbons (Fsp3) is 0.160. The molecule has 0 bridgehead atoms. The minimum atomic E-state index is -1.10. The van der Waals surface area contributed by atoms with Crippen molar-refractivity contribution in [3.8, 4) is 23.0 Å². The van der Waals surface area contributed by atoms with E-state index in [1.54, 1.807) is 24.3 Å². The number of anilines is 1. The molecule has 9 heteroatoms. The Kier molecular flexibility index (Phi) is 6.09. The Bertz CT molecular complexity index is 1260. The van der Waals surface area contributed by atoms with Crippen LogP contribution in [0.3, 0.4) is 0 Å². The minimum absolute atomic E-state index is 0.108. The zero-order valence-corrected chi connectivity index (χ0v) is 18.7. The smallest absolute Gasteiger partial charge is 0.300 e. The van der Waals surface area contributed by atoms with Crippen LogP contribution in [0.4, 0.5) is 5.69 Å². The highest BCUT2D eigenvalue weighted by Crippen LogP contribution is 2.48. The lowest BCUT2D eigenvalue weighted by molar-refractivity contribution is -0.132. The van der Waals surface area contributed by atoms with Crippen LogP contribution in [0.15, 0.2) is 66.5 Å². The van der Waals surface area contributed by atoms with Gasteiger partial charge >= 0.3 is 0 Å². The zero-order valence-electron chi connectivity index (χ0n) is 18.7. The van der Waals surface area contributed by atoms with Gasteiger partial charge in [-0.2, -0.15) is 0 Å². The molecule has 174 valence electrons. The number of nitrogens with zero attached hydrogens (tertiary/aromatic N) is 2. The van der Waals surface area contributed by atoms with Crippen LogP contribution in [0, 0.1) is 0 Å². The van der Waals surface area contributed by atoms with Gasteiger partial charge in [0.2, 0.25) is 5.75 Å². The molecule has 0 aliphatic carbocycles. The Morgan fingerprint density at radius 1 is 0.941 bits per heavy atom. The number of methoxy groups -OCH3 is 3. The van der Waals surface area contributed by atoms with Crippen LogP contribution in [-0.2, 0) is 9.59 Å². The molecule has 1 unspecified atom stereocenters. The maximum atomic E-state index is 13.2. The van der Waals surface area contributed by atoms with Gasteiger partial charge in [-0.15, -0.1) is 0 Å². The first-order chi connectivity index (χ1) is 16.4. The fourth-order valence-electron chi connectivity index (χ4n) is 3.99. The molecule has 0 radical (unpaired) electrons. The van der Waals surface area contributed by atoms with Gasteiger partial charge in [0, 0.05) is 18.0 Å². The number of phenolic OH excluding ortho intramolecular Hbond substituents is 1. The largest absolute Gasteiger partial charge is 0.507 e. The molecule has 1 fully saturated rings. The summed E-state index contributed by atoms with van der Waals surface area (Å²) in [6.07, 6.45) is 2.92. The summed E-state index contributed by atoms with van der Waals surface area (Å²) in [6, 6.07) is 11.3. The average Bonchev–Trinajstić information content (AvgIpc) is 3.13. The summed E-state index contributed by atoms with van der Waals surface area (Å²) in [4.78, 5) is 31.5. The molecule has 1 aliphatic heterocycles.